The lowest BCUT2D eigenvalue weighted by molar-refractivity contribution is 0.828. The third-order valence-corrected chi connectivity index (χ3v) is 3.11. The van der Waals surface area contributed by atoms with Crippen LogP contribution in [0, 0.1) is 0 Å². The van der Waals surface area contributed by atoms with Gasteiger partial charge < -0.3 is 10.3 Å². The van der Waals surface area contributed by atoms with Crippen molar-refractivity contribution in [3.05, 3.63) is 40.1 Å². The zero-order valence-corrected chi connectivity index (χ0v) is 10.3. The first-order valence-electron chi connectivity index (χ1n) is 4.81. The van der Waals surface area contributed by atoms with Crippen LogP contribution in [-0.4, -0.2) is 9.55 Å². The van der Waals surface area contributed by atoms with E-state index in [-0.39, 0.29) is 0 Å². The third-order valence-electron chi connectivity index (χ3n) is 2.47. The van der Waals surface area contributed by atoms with E-state index in [9.17, 15) is 0 Å². The van der Waals surface area contributed by atoms with Gasteiger partial charge in [0.05, 0.1) is 10.7 Å². The summed E-state index contributed by atoms with van der Waals surface area (Å²) in [6.45, 7) is 0.354. The zero-order chi connectivity index (χ0) is 11.7. The molecule has 2 rings (SSSR count). The van der Waals surface area contributed by atoms with Crippen LogP contribution in [0.3, 0.4) is 0 Å². The van der Waals surface area contributed by atoms with Gasteiger partial charge in [0.1, 0.15) is 5.82 Å². The quantitative estimate of drug-likeness (QED) is 0.897. The summed E-state index contributed by atoms with van der Waals surface area (Å²) in [7, 11) is 1.87. The van der Waals surface area contributed by atoms with Crippen LogP contribution in [-0.2, 0) is 13.6 Å². The molecule has 3 nitrogen and oxygen atoms in total. The van der Waals surface area contributed by atoms with E-state index in [1.807, 2.05) is 35.9 Å². The standard InChI is InChI=1S/C11H11Cl2N3/c1-16-9(6-14)10(13)15-11(16)7-4-2-3-5-8(7)12/h2-5H,6,14H2,1H3. The molecule has 0 fully saturated rings. The Morgan fingerprint density at radius 3 is 2.56 bits per heavy atom. The summed E-state index contributed by atoms with van der Waals surface area (Å²) in [6.07, 6.45) is 0. The number of rotatable bonds is 2. The molecule has 0 aliphatic rings. The highest BCUT2D eigenvalue weighted by atomic mass is 35.5. The van der Waals surface area contributed by atoms with Gasteiger partial charge >= 0.3 is 0 Å². The molecule has 2 aromatic rings. The summed E-state index contributed by atoms with van der Waals surface area (Å²) >= 11 is 12.1. The Hall–Kier alpha value is -1.03. The molecule has 1 aromatic carbocycles. The molecule has 1 aromatic heterocycles. The van der Waals surface area contributed by atoms with Crippen LogP contribution in [0.15, 0.2) is 24.3 Å². The Balaban J connectivity index is 2.62. The van der Waals surface area contributed by atoms with Crippen LogP contribution in [0.4, 0.5) is 0 Å². The molecular formula is C11H11Cl2N3. The van der Waals surface area contributed by atoms with Gasteiger partial charge in [-0.1, -0.05) is 35.3 Å². The molecule has 2 N–H and O–H groups in total. The Kier molecular flexibility index (Phi) is 3.19. The summed E-state index contributed by atoms with van der Waals surface area (Å²) in [6, 6.07) is 7.51. The Labute approximate surface area is 104 Å². The maximum atomic E-state index is 6.11. The Bertz CT molecular complexity index is 520. The lowest BCUT2D eigenvalue weighted by Crippen LogP contribution is -2.04. The molecule has 84 valence electrons. The first kappa shape index (κ1) is 11.5. The lowest BCUT2D eigenvalue weighted by atomic mass is 10.2. The van der Waals surface area contributed by atoms with E-state index >= 15 is 0 Å². The minimum Gasteiger partial charge on any atom is -0.329 e. The Morgan fingerprint density at radius 1 is 1.31 bits per heavy atom. The highest BCUT2D eigenvalue weighted by molar-refractivity contribution is 6.33. The molecule has 0 saturated carbocycles. The molecule has 0 saturated heterocycles. The molecule has 0 radical (unpaired) electrons. The van der Waals surface area contributed by atoms with Gasteiger partial charge in [-0.2, -0.15) is 0 Å². The normalized spacial score (nSPS) is 10.8. The van der Waals surface area contributed by atoms with E-state index in [1.165, 1.54) is 0 Å². The van der Waals surface area contributed by atoms with Gasteiger partial charge in [0.25, 0.3) is 0 Å². The number of aromatic nitrogens is 2. The van der Waals surface area contributed by atoms with E-state index in [1.54, 1.807) is 0 Å². The van der Waals surface area contributed by atoms with Gasteiger partial charge in [0.2, 0.25) is 0 Å². The number of nitrogens with zero attached hydrogens (tertiary/aromatic N) is 2. The Morgan fingerprint density at radius 2 is 2.00 bits per heavy atom. The summed E-state index contributed by atoms with van der Waals surface area (Å²) in [5, 5.41) is 1.08. The molecule has 0 bridgehead atoms. The molecule has 0 unspecified atom stereocenters. The number of halogens is 2. The molecule has 0 aliphatic carbocycles. The van der Waals surface area contributed by atoms with Gasteiger partial charge in [-0.05, 0) is 12.1 Å². The largest absolute Gasteiger partial charge is 0.329 e. The predicted molar refractivity (Wildman–Crippen MR) is 66.6 cm³/mol. The van der Waals surface area contributed by atoms with E-state index in [0.29, 0.717) is 16.7 Å². The fourth-order valence-corrected chi connectivity index (χ4v) is 2.11. The van der Waals surface area contributed by atoms with E-state index in [4.69, 9.17) is 28.9 Å². The van der Waals surface area contributed by atoms with E-state index < -0.39 is 0 Å². The lowest BCUT2D eigenvalue weighted by Gasteiger charge is -2.05. The van der Waals surface area contributed by atoms with Crippen LogP contribution in [0.5, 0.6) is 0 Å². The third kappa shape index (κ3) is 1.82. The van der Waals surface area contributed by atoms with Gasteiger partial charge in [0.15, 0.2) is 5.15 Å². The number of imidazole rings is 1. The molecular weight excluding hydrogens is 245 g/mol. The first-order valence-corrected chi connectivity index (χ1v) is 5.56. The van der Waals surface area contributed by atoms with E-state index in [2.05, 4.69) is 4.98 Å². The van der Waals surface area contributed by atoms with Crippen LogP contribution in [0.2, 0.25) is 10.2 Å². The second-order valence-corrected chi connectivity index (χ2v) is 4.18. The van der Waals surface area contributed by atoms with Crippen molar-refractivity contribution in [1.82, 2.24) is 9.55 Å². The highest BCUT2D eigenvalue weighted by Crippen LogP contribution is 2.29. The highest BCUT2D eigenvalue weighted by Gasteiger charge is 2.14. The molecule has 0 aliphatic heterocycles. The van der Waals surface area contributed by atoms with Crippen molar-refractivity contribution in [2.75, 3.05) is 0 Å². The zero-order valence-electron chi connectivity index (χ0n) is 8.74. The van der Waals surface area contributed by atoms with Crippen LogP contribution >= 0.6 is 23.2 Å². The van der Waals surface area contributed by atoms with Crippen molar-refractivity contribution in [3.63, 3.8) is 0 Å². The molecule has 1 heterocycles. The minimum absolute atomic E-state index is 0.354. The van der Waals surface area contributed by atoms with Crippen LogP contribution < -0.4 is 5.73 Å². The fourth-order valence-electron chi connectivity index (χ4n) is 1.60. The maximum absolute atomic E-state index is 6.11. The van der Waals surface area contributed by atoms with Crippen molar-refractivity contribution in [3.8, 4) is 11.4 Å². The smallest absolute Gasteiger partial charge is 0.152 e. The van der Waals surface area contributed by atoms with Crippen molar-refractivity contribution in [2.45, 2.75) is 6.54 Å². The monoisotopic (exact) mass is 255 g/mol. The van der Waals surface area contributed by atoms with Gasteiger partial charge in [-0.25, -0.2) is 4.98 Å². The van der Waals surface area contributed by atoms with Crippen molar-refractivity contribution < 1.29 is 0 Å². The van der Waals surface area contributed by atoms with Crippen LogP contribution in [0.25, 0.3) is 11.4 Å². The van der Waals surface area contributed by atoms with Gasteiger partial charge in [0, 0.05) is 19.2 Å². The SMILES string of the molecule is Cn1c(-c2ccccc2Cl)nc(Cl)c1CN. The number of nitrogens with two attached hydrogens (primary N) is 1. The van der Waals surface area contributed by atoms with Crippen molar-refractivity contribution >= 4 is 23.2 Å². The summed E-state index contributed by atoms with van der Waals surface area (Å²) in [4.78, 5) is 4.28. The molecule has 0 atom stereocenters. The maximum Gasteiger partial charge on any atom is 0.152 e. The average Bonchev–Trinajstić information content (AvgIpc) is 2.55. The van der Waals surface area contributed by atoms with Crippen molar-refractivity contribution in [2.24, 2.45) is 12.8 Å². The summed E-state index contributed by atoms with van der Waals surface area (Å²) in [5.74, 6) is 0.732. The molecule has 16 heavy (non-hydrogen) atoms. The molecule has 0 amide bonds. The molecule has 5 heteroatoms. The predicted octanol–water partition coefficient (Wildman–Crippen LogP) is 2.85. The number of benzene rings is 1. The number of hydrogen-bond donors (Lipinski definition) is 1. The summed E-state index contributed by atoms with van der Waals surface area (Å²) in [5.41, 5.74) is 7.26. The first-order chi connectivity index (χ1) is 7.65. The van der Waals surface area contributed by atoms with E-state index in [0.717, 1.165) is 17.1 Å². The fraction of sp³-hybridized carbons (Fsp3) is 0.182. The van der Waals surface area contributed by atoms with Gasteiger partial charge in [-0.15, -0.1) is 0 Å². The second-order valence-electron chi connectivity index (χ2n) is 3.42. The second kappa shape index (κ2) is 4.45. The summed E-state index contributed by atoms with van der Waals surface area (Å²) < 4.78 is 1.86. The average molecular weight is 256 g/mol. The topological polar surface area (TPSA) is 43.8 Å². The van der Waals surface area contributed by atoms with Crippen LogP contribution in [0.1, 0.15) is 5.69 Å². The van der Waals surface area contributed by atoms with Gasteiger partial charge in [-0.3, -0.25) is 0 Å². The molecule has 0 spiro atoms. The minimum atomic E-state index is 0.354. The number of hydrogen-bond acceptors (Lipinski definition) is 2. The van der Waals surface area contributed by atoms with Crippen molar-refractivity contribution in [1.29, 1.82) is 0 Å².